The second-order valence-electron chi connectivity index (χ2n) is 4.26. The third kappa shape index (κ3) is 2.18. The number of anilines is 1. The van der Waals surface area contributed by atoms with Gasteiger partial charge in [-0.25, -0.2) is 4.98 Å². The minimum atomic E-state index is -0.205. The number of phenols is 1. The lowest BCUT2D eigenvalue weighted by molar-refractivity contribution is -0.114. The van der Waals surface area contributed by atoms with E-state index in [1.165, 1.54) is 13.0 Å². The van der Waals surface area contributed by atoms with Crippen molar-refractivity contribution in [3.8, 4) is 17.2 Å². The van der Waals surface area contributed by atoms with E-state index in [9.17, 15) is 9.90 Å². The molecule has 1 aromatic carbocycles. The Morgan fingerprint density at radius 1 is 1.35 bits per heavy atom. The van der Waals surface area contributed by atoms with Crippen molar-refractivity contribution in [2.45, 2.75) is 6.92 Å². The van der Waals surface area contributed by atoms with Crippen molar-refractivity contribution >= 4 is 22.8 Å². The predicted octanol–water partition coefficient (Wildman–Crippen LogP) is 2.55. The Hall–Kier alpha value is -2.89. The quantitative estimate of drug-likeness (QED) is 0.746. The summed E-state index contributed by atoms with van der Waals surface area (Å²) in [4.78, 5) is 19.2. The average molecular weight is 269 g/mol. The Morgan fingerprint density at radius 2 is 2.20 bits per heavy atom. The van der Waals surface area contributed by atoms with E-state index in [0.717, 1.165) is 0 Å². The van der Waals surface area contributed by atoms with Crippen LogP contribution in [0.25, 0.3) is 22.7 Å². The summed E-state index contributed by atoms with van der Waals surface area (Å²) in [5.41, 5.74) is 1.98. The smallest absolute Gasteiger partial charge is 0.232 e. The second kappa shape index (κ2) is 4.65. The molecule has 100 valence electrons. The molecule has 0 saturated carbocycles. The number of hydrogen-bond acceptors (Lipinski definition) is 5. The number of fused-ring (bicyclic) bond motifs is 1. The zero-order valence-corrected chi connectivity index (χ0v) is 10.6. The van der Waals surface area contributed by atoms with E-state index in [-0.39, 0.29) is 17.5 Å². The van der Waals surface area contributed by atoms with Crippen molar-refractivity contribution < 1.29 is 14.3 Å². The van der Waals surface area contributed by atoms with E-state index in [0.29, 0.717) is 22.5 Å². The van der Waals surface area contributed by atoms with Crippen molar-refractivity contribution in [2.24, 2.45) is 0 Å². The van der Waals surface area contributed by atoms with Gasteiger partial charge in [0.1, 0.15) is 5.75 Å². The number of amides is 1. The van der Waals surface area contributed by atoms with E-state index in [4.69, 9.17) is 4.42 Å². The highest BCUT2D eigenvalue weighted by molar-refractivity contribution is 5.89. The summed E-state index contributed by atoms with van der Waals surface area (Å²) in [5, 5.41) is 12.6. The molecule has 2 heterocycles. The molecule has 0 aliphatic carbocycles. The number of pyridine rings is 1. The van der Waals surface area contributed by atoms with Crippen molar-refractivity contribution in [1.82, 2.24) is 9.97 Å². The highest BCUT2D eigenvalue weighted by Gasteiger charge is 2.13. The molecule has 0 radical (unpaired) electrons. The minimum absolute atomic E-state index is 0.0252. The number of nitrogens with one attached hydrogen (secondary N) is 1. The number of carbonyl (C=O) groups excluding carboxylic acids is 1. The summed E-state index contributed by atoms with van der Waals surface area (Å²) in [5.74, 6) is 0.0524. The fraction of sp³-hybridized carbons (Fsp3) is 0.0714. The molecular formula is C14H11N3O3. The van der Waals surface area contributed by atoms with Crippen LogP contribution in [-0.4, -0.2) is 21.0 Å². The van der Waals surface area contributed by atoms with Gasteiger partial charge in [-0.15, -0.1) is 0 Å². The number of oxazole rings is 1. The van der Waals surface area contributed by atoms with E-state index in [2.05, 4.69) is 15.3 Å². The molecule has 0 atom stereocenters. The lowest BCUT2D eigenvalue weighted by atomic mass is 10.2. The molecule has 0 saturated heterocycles. The Bertz CT molecular complexity index is 762. The lowest BCUT2D eigenvalue weighted by Gasteiger charge is -2.05. The van der Waals surface area contributed by atoms with Crippen molar-refractivity contribution in [2.75, 3.05) is 5.32 Å². The number of benzene rings is 1. The molecule has 2 aromatic heterocycles. The van der Waals surface area contributed by atoms with Crippen molar-refractivity contribution in [3.05, 3.63) is 36.5 Å². The molecule has 0 fully saturated rings. The first kappa shape index (κ1) is 12.2. The normalized spacial score (nSPS) is 10.7. The predicted molar refractivity (Wildman–Crippen MR) is 73.2 cm³/mol. The first-order chi connectivity index (χ1) is 9.63. The highest BCUT2D eigenvalue weighted by Crippen LogP contribution is 2.32. The topological polar surface area (TPSA) is 88.3 Å². The fourth-order valence-electron chi connectivity index (χ4n) is 1.88. The van der Waals surface area contributed by atoms with Crippen LogP contribution in [0.4, 0.5) is 5.69 Å². The number of hydrogen-bond donors (Lipinski definition) is 2. The summed E-state index contributed by atoms with van der Waals surface area (Å²) in [6.45, 7) is 1.40. The van der Waals surface area contributed by atoms with Crippen molar-refractivity contribution in [3.63, 3.8) is 0 Å². The van der Waals surface area contributed by atoms with Gasteiger partial charge >= 0.3 is 0 Å². The Kier molecular flexibility index (Phi) is 2.83. The van der Waals surface area contributed by atoms with Gasteiger partial charge in [-0.05, 0) is 24.3 Å². The van der Waals surface area contributed by atoms with Crippen LogP contribution in [-0.2, 0) is 4.79 Å². The summed E-state index contributed by atoms with van der Waals surface area (Å²) < 4.78 is 5.53. The molecule has 20 heavy (non-hydrogen) atoms. The van der Waals surface area contributed by atoms with Crippen LogP contribution in [0.15, 0.2) is 40.9 Å². The van der Waals surface area contributed by atoms with E-state index in [1.54, 1.807) is 30.5 Å². The molecule has 3 aromatic rings. The molecule has 0 aliphatic rings. The van der Waals surface area contributed by atoms with Gasteiger partial charge in [0.05, 0.1) is 5.56 Å². The van der Waals surface area contributed by atoms with Crippen LogP contribution in [0.2, 0.25) is 0 Å². The molecule has 6 nitrogen and oxygen atoms in total. The molecule has 6 heteroatoms. The van der Waals surface area contributed by atoms with E-state index >= 15 is 0 Å². The Labute approximate surface area is 114 Å². The summed E-state index contributed by atoms with van der Waals surface area (Å²) >= 11 is 0. The van der Waals surface area contributed by atoms with Crippen LogP contribution in [0.1, 0.15) is 6.92 Å². The van der Waals surface area contributed by atoms with Gasteiger partial charge in [-0.1, -0.05) is 0 Å². The monoisotopic (exact) mass is 269 g/mol. The van der Waals surface area contributed by atoms with Crippen LogP contribution in [0.5, 0.6) is 5.75 Å². The molecular weight excluding hydrogens is 258 g/mol. The van der Waals surface area contributed by atoms with Gasteiger partial charge in [0.15, 0.2) is 11.2 Å². The minimum Gasteiger partial charge on any atom is -0.507 e. The van der Waals surface area contributed by atoms with Crippen LogP contribution in [0.3, 0.4) is 0 Å². The summed E-state index contributed by atoms with van der Waals surface area (Å²) in [6.07, 6.45) is 1.62. The fourth-order valence-corrected chi connectivity index (χ4v) is 1.88. The molecule has 0 aliphatic heterocycles. The maximum absolute atomic E-state index is 11.0. The van der Waals surface area contributed by atoms with E-state index in [1.807, 2.05) is 0 Å². The molecule has 1 amide bonds. The zero-order chi connectivity index (χ0) is 14.1. The van der Waals surface area contributed by atoms with Crippen LogP contribution < -0.4 is 5.32 Å². The van der Waals surface area contributed by atoms with Crippen LogP contribution in [0, 0.1) is 0 Å². The number of aromatic hydroxyl groups is 1. The molecule has 2 N–H and O–H groups in total. The van der Waals surface area contributed by atoms with Gasteiger partial charge in [0, 0.05) is 24.9 Å². The summed E-state index contributed by atoms with van der Waals surface area (Å²) in [7, 11) is 0. The Morgan fingerprint density at radius 3 is 2.90 bits per heavy atom. The van der Waals surface area contributed by atoms with Gasteiger partial charge in [-0.2, -0.15) is 4.98 Å². The molecule has 0 bridgehead atoms. The molecule has 3 rings (SSSR count). The standard InChI is InChI=1S/C14H11N3O3/c1-8(18)16-9-4-5-10(11(19)7-9)14-17-13-12(20-14)3-2-6-15-13/h2-7,19H,1H3,(H,16,18). The van der Waals surface area contributed by atoms with Gasteiger partial charge in [0.2, 0.25) is 11.8 Å². The van der Waals surface area contributed by atoms with E-state index < -0.39 is 0 Å². The maximum atomic E-state index is 11.0. The van der Waals surface area contributed by atoms with Gasteiger partial charge in [-0.3, -0.25) is 4.79 Å². The average Bonchev–Trinajstić information content (AvgIpc) is 2.81. The largest absolute Gasteiger partial charge is 0.507 e. The SMILES string of the molecule is CC(=O)Nc1ccc(-c2nc3ncccc3o2)c(O)c1. The number of carbonyl (C=O) groups is 1. The lowest BCUT2D eigenvalue weighted by Crippen LogP contribution is -2.05. The first-order valence-corrected chi connectivity index (χ1v) is 5.96. The molecule has 0 spiro atoms. The van der Waals surface area contributed by atoms with Gasteiger partial charge in [0.25, 0.3) is 0 Å². The number of phenolic OH excluding ortho intramolecular Hbond substituents is 1. The first-order valence-electron chi connectivity index (χ1n) is 5.96. The number of aromatic nitrogens is 2. The zero-order valence-electron chi connectivity index (χ0n) is 10.6. The maximum Gasteiger partial charge on any atom is 0.232 e. The Balaban J connectivity index is 2.03. The number of nitrogens with zero attached hydrogens (tertiary/aromatic N) is 2. The second-order valence-corrected chi connectivity index (χ2v) is 4.26. The third-order valence-electron chi connectivity index (χ3n) is 2.71. The third-order valence-corrected chi connectivity index (χ3v) is 2.71. The van der Waals surface area contributed by atoms with Crippen LogP contribution >= 0.6 is 0 Å². The van der Waals surface area contributed by atoms with Gasteiger partial charge < -0.3 is 14.8 Å². The molecule has 0 unspecified atom stereocenters. The van der Waals surface area contributed by atoms with Crippen molar-refractivity contribution in [1.29, 1.82) is 0 Å². The number of rotatable bonds is 2. The highest BCUT2D eigenvalue weighted by atomic mass is 16.4. The summed E-state index contributed by atoms with van der Waals surface area (Å²) in [6, 6.07) is 8.24.